The maximum Gasteiger partial charge on any atom is 0.182 e. The topological polar surface area (TPSA) is 34.1 Å². The summed E-state index contributed by atoms with van der Waals surface area (Å²) in [6.45, 7) is 4.40. The average molecular weight is 260 g/mol. The molecule has 0 radical (unpaired) electrons. The Morgan fingerprint density at radius 2 is 1.32 bits per heavy atom. The van der Waals surface area contributed by atoms with Crippen molar-refractivity contribution >= 4 is 11.6 Å². The van der Waals surface area contributed by atoms with Crippen LogP contribution in [0, 0.1) is 5.41 Å². The maximum atomic E-state index is 12.0. The van der Waals surface area contributed by atoms with Crippen molar-refractivity contribution in [3.63, 3.8) is 0 Å². The molecule has 0 N–H and O–H groups in total. The fourth-order valence-electron chi connectivity index (χ4n) is 3.43. The minimum absolute atomic E-state index is 0.0736. The molecule has 0 aromatic carbocycles. The standard InChI is InChI=1S/C17H24O2/c1-3-5-9-17(10-6-4-2)11-13-14(12-17)16(19)8-7-15(13)18/h7-8H,3-6,9-12H2,1-2H3. The number of hydrogen-bond donors (Lipinski definition) is 0. The predicted molar refractivity (Wildman–Crippen MR) is 76.9 cm³/mol. The van der Waals surface area contributed by atoms with E-state index in [0.29, 0.717) is 0 Å². The summed E-state index contributed by atoms with van der Waals surface area (Å²) >= 11 is 0. The fraction of sp³-hybridized carbons (Fsp3) is 0.647. The minimum Gasteiger partial charge on any atom is -0.290 e. The molecule has 0 heterocycles. The Labute approximate surface area is 116 Å². The van der Waals surface area contributed by atoms with E-state index in [1.165, 1.54) is 37.8 Å². The zero-order valence-corrected chi connectivity index (χ0v) is 12.1. The van der Waals surface area contributed by atoms with Gasteiger partial charge >= 0.3 is 0 Å². The van der Waals surface area contributed by atoms with Gasteiger partial charge in [-0.1, -0.05) is 39.5 Å². The summed E-state index contributed by atoms with van der Waals surface area (Å²) in [7, 11) is 0. The lowest BCUT2D eigenvalue weighted by Crippen LogP contribution is -2.18. The summed E-state index contributed by atoms with van der Waals surface area (Å²) in [4.78, 5) is 23.9. The predicted octanol–water partition coefficient (Wildman–Crippen LogP) is 4.15. The zero-order chi connectivity index (χ0) is 13.9. The molecule has 0 bridgehead atoms. The van der Waals surface area contributed by atoms with Crippen LogP contribution in [0.25, 0.3) is 0 Å². The van der Waals surface area contributed by atoms with Crippen LogP contribution in [0.4, 0.5) is 0 Å². The second kappa shape index (κ2) is 5.85. The highest BCUT2D eigenvalue weighted by Crippen LogP contribution is 2.50. The molecule has 0 spiro atoms. The monoisotopic (exact) mass is 260 g/mol. The highest BCUT2D eigenvalue weighted by molar-refractivity contribution is 6.20. The van der Waals surface area contributed by atoms with Crippen molar-refractivity contribution in [2.24, 2.45) is 5.41 Å². The van der Waals surface area contributed by atoms with Gasteiger partial charge in [0.15, 0.2) is 11.6 Å². The van der Waals surface area contributed by atoms with Gasteiger partial charge in [-0.2, -0.15) is 0 Å². The van der Waals surface area contributed by atoms with Crippen molar-refractivity contribution in [3.05, 3.63) is 23.3 Å². The lowest BCUT2D eigenvalue weighted by atomic mass is 9.75. The molecule has 2 rings (SSSR count). The van der Waals surface area contributed by atoms with Gasteiger partial charge in [-0.25, -0.2) is 0 Å². The SMILES string of the molecule is CCCCC1(CCCC)CC2=C(C1)C(=O)C=CC2=O. The molecule has 0 saturated heterocycles. The number of hydrogen-bond acceptors (Lipinski definition) is 2. The highest BCUT2D eigenvalue weighted by Gasteiger charge is 2.42. The van der Waals surface area contributed by atoms with Crippen LogP contribution in [0.2, 0.25) is 0 Å². The van der Waals surface area contributed by atoms with E-state index in [0.717, 1.165) is 36.8 Å². The lowest BCUT2D eigenvalue weighted by molar-refractivity contribution is -0.115. The van der Waals surface area contributed by atoms with Crippen LogP contribution in [0.1, 0.15) is 65.2 Å². The van der Waals surface area contributed by atoms with Crippen molar-refractivity contribution in [1.82, 2.24) is 0 Å². The molecule has 0 unspecified atom stereocenters. The van der Waals surface area contributed by atoms with E-state index in [1.54, 1.807) is 0 Å². The van der Waals surface area contributed by atoms with E-state index in [4.69, 9.17) is 0 Å². The quantitative estimate of drug-likeness (QED) is 0.672. The molecule has 2 aliphatic carbocycles. The summed E-state index contributed by atoms with van der Waals surface area (Å²) in [5, 5.41) is 0. The Morgan fingerprint density at radius 1 is 0.895 bits per heavy atom. The number of carbonyl (C=O) groups excluding carboxylic acids is 2. The van der Waals surface area contributed by atoms with Crippen LogP contribution in [-0.2, 0) is 9.59 Å². The zero-order valence-electron chi connectivity index (χ0n) is 12.1. The second-order valence-corrected chi connectivity index (χ2v) is 6.08. The second-order valence-electron chi connectivity index (χ2n) is 6.08. The van der Waals surface area contributed by atoms with Crippen LogP contribution >= 0.6 is 0 Å². The van der Waals surface area contributed by atoms with Gasteiger partial charge in [0.1, 0.15) is 0 Å². The summed E-state index contributed by atoms with van der Waals surface area (Å²) in [5.41, 5.74) is 1.83. The van der Waals surface area contributed by atoms with Gasteiger partial charge < -0.3 is 0 Å². The van der Waals surface area contributed by atoms with Gasteiger partial charge in [0.2, 0.25) is 0 Å². The molecule has 0 aromatic heterocycles. The van der Waals surface area contributed by atoms with E-state index in [1.807, 2.05) is 0 Å². The van der Waals surface area contributed by atoms with Crippen molar-refractivity contribution < 1.29 is 9.59 Å². The molecule has 0 fully saturated rings. The molecule has 0 amide bonds. The van der Waals surface area contributed by atoms with E-state index in [2.05, 4.69) is 13.8 Å². The molecule has 19 heavy (non-hydrogen) atoms. The third-order valence-corrected chi connectivity index (χ3v) is 4.57. The minimum atomic E-state index is 0.0736. The largest absolute Gasteiger partial charge is 0.290 e. The number of unbranched alkanes of at least 4 members (excludes halogenated alkanes) is 2. The van der Waals surface area contributed by atoms with Crippen molar-refractivity contribution in [3.8, 4) is 0 Å². The molecule has 0 aliphatic heterocycles. The van der Waals surface area contributed by atoms with E-state index in [9.17, 15) is 9.59 Å². The number of allylic oxidation sites excluding steroid dienone is 4. The summed E-state index contributed by atoms with van der Waals surface area (Å²) < 4.78 is 0. The van der Waals surface area contributed by atoms with Crippen LogP contribution in [0.15, 0.2) is 23.3 Å². The van der Waals surface area contributed by atoms with Gasteiger partial charge in [0.25, 0.3) is 0 Å². The number of ketones is 2. The Bertz CT molecular complexity index is 400. The first-order chi connectivity index (χ1) is 9.12. The molecule has 0 saturated carbocycles. The van der Waals surface area contributed by atoms with Crippen LogP contribution < -0.4 is 0 Å². The van der Waals surface area contributed by atoms with Crippen LogP contribution in [0.3, 0.4) is 0 Å². The van der Waals surface area contributed by atoms with Gasteiger partial charge in [-0.3, -0.25) is 9.59 Å². The normalized spacial score (nSPS) is 21.2. The van der Waals surface area contributed by atoms with Crippen molar-refractivity contribution in [1.29, 1.82) is 0 Å². The summed E-state index contributed by atoms with van der Waals surface area (Å²) in [6, 6.07) is 0. The molecule has 2 heteroatoms. The van der Waals surface area contributed by atoms with Gasteiger partial charge in [0.05, 0.1) is 0 Å². The van der Waals surface area contributed by atoms with E-state index >= 15 is 0 Å². The first-order valence-corrected chi connectivity index (χ1v) is 7.60. The Balaban J connectivity index is 2.17. The van der Waals surface area contributed by atoms with Crippen molar-refractivity contribution in [2.75, 3.05) is 0 Å². The first-order valence-electron chi connectivity index (χ1n) is 7.60. The van der Waals surface area contributed by atoms with Gasteiger partial charge in [-0.15, -0.1) is 0 Å². The molecule has 2 aliphatic rings. The molecular weight excluding hydrogens is 236 g/mol. The fourth-order valence-corrected chi connectivity index (χ4v) is 3.43. The average Bonchev–Trinajstić information content (AvgIpc) is 2.80. The molecule has 0 aromatic rings. The van der Waals surface area contributed by atoms with Gasteiger partial charge in [-0.05, 0) is 43.3 Å². The lowest BCUT2D eigenvalue weighted by Gasteiger charge is -2.29. The highest BCUT2D eigenvalue weighted by atomic mass is 16.1. The molecule has 104 valence electrons. The Hall–Kier alpha value is -1.18. The summed E-state index contributed by atoms with van der Waals surface area (Å²) in [5.74, 6) is 0.147. The molecule has 2 nitrogen and oxygen atoms in total. The third-order valence-electron chi connectivity index (χ3n) is 4.57. The van der Waals surface area contributed by atoms with E-state index in [-0.39, 0.29) is 17.0 Å². The molecular formula is C17H24O2. The van der Waals surface area contributed by atoms with Crippen LogP contribution in [0.5, 0.6) is 0 Å². The molecule has 0 atom stereocenters. The Morgan fingerprint density at radius 3 is 1.68 bits per heavy atom. The summed E-state index contributed by atoms with van der Waals surface area (Å²) in [6.07, 6.45) is 11.6. The van der Waals surface area contributed by atoms with Crippen molar-refractivity contribution in [2.45, 2.75) is 65.2 Å². The van der Waals surface area contributed by atoms with Crippen LogP contribution in [-0.4, -0.2) is 11.6 Å². The number of rotatable bonds is 6. The van der Waals surface area contributed by atoms with Gasteiger partial charge in [0, 0.05) is 11.1 Å². The third kappa shape index (κ3) is 2.88. The first kappa shape index (κ1) is 14.2. The van der Waals surface area contributed by atoms with E-state index < -0.39 is 0 Å². The smallest absolute Gasteiger partial charge is 0.182 e. The Kier molecular flexibility index (Phi) is 4.38. The number of carbonyl (C=O) groups is 2. The maximum absolute atomic E-state index is 12.0.